The van der Waals surface area contributed by atoms with Crippen molar-refractivity contribution in [3.63, 3.8) is 0 Å². The molecule has 0 saturated carbocycles. The lowest BCUT2D eigenvalue weighted by Crippen LogP contribution is -2.46. The van der Waals surface area contributed by atoms with Crippen LogP contribution in [0.3, 0.4) is 0 Å². The van der Waals surface area contributed by atoms with E-state index in [4.69, 9.17) is 0 Å². The Labute approximate surface area is 208 Å². The van der Waals surface area contributed by atoms with E-state index in [0.29, 0.717) is 13.1 Å². The number of sulfonamides is 1. The molecule has 8 nitrogen and oxygen atoms in total. The number of nitrogens with zero attached hydrogens (tertiary/aromatic N) is 2. The number of piperidine rings is 1. The van der Waals surface area contributed by atoms with E-state index >= 15 is 0 Å². The maximum Gasteiger partial charge on any atom is 0.319 e. The molecule has 0 unspecified atom stereocenters. The van der Waals surface area contributed by atoms with Crippen molar-refractivity contribution in [2.45, 2.75) is 30.7 Å². The first-order valence-corrected chi connectivity index (χ1v) is 13.5. The molecule has 34 heavy (non-hydrogen) atoms. The first-order chi connectivity index (χ1) is 16.3. The molecule has 2 aromatic carbocycles. The lowest BCUT2D eigenvalue weighted by atomic mass is 10.1. The molecule has 1 saturated heterocycles. The van der Waals surface area contributed by atoms with Gasteiger partial charge in [0.25, 0.3) is 0 Å². The Morgan fingerprint density at radius 2 is 1.82 bits per heavy atom. The second kappa shape index (κ2) is 10.8. The third-order valence-electron chi connectivity index (χ3n) is 5.84. The number of benzene rings is 2. The molecule has 1 fully saturated rings. The number of hydrogen-bond acceptors (Lipinski definition) is 5. The van der Waals surface area contributed by atoms with Gasteiger partial charge in [0.05, 0.1) is 16.1 Å². The first-order valence-electron chi connectivity index (χ1n) is 11.2. The van der Waals surface area contributed by atoms with Gasteiger partial charge in [0.1, 0.15) is 0 Å². The highest BCUT2D eigenvalue weighted by atomic mass is 79.9. The zero-order valence-electron chi connectivity index (χ0n) is 18.9. The van der Waals surface area contributed by atoms with E-state index in [2.05, 4.69) is 41.2 Å². The standard InChI is InChI=1S/C24H28BrN5O3S/c1-17-16-23(21-4-2-3-5-22(21)27-17)28-24(31)26-12-15-30-13-10-19(11-14-30)29-34(32,33)20-8-6-18(25)7-9-20/h2-9,16,19,29H,10-15H2,1H3,(H2,26,27,28,31). The summed E-state index contributed by atoms with van der Waals surface area (Å²) in [7, 11) is -3.53. The molecule has 2 amide bonds. The zero-order valence-corrected chi connectivity index (χ0v) is 21.3. The van der Waals surface area contributed by atoms with Crippen LogP contribution < -0.4 is 15.4 Å². The Kier molecular flexibility index (Phi) is 7.82. The van der Waals surface area contributed by atoms with Crippen molar-refractivity contribution < 1.29 is 13.2 Å². The lowest BCUT2D eigenvalue weighted by molar-refractivity contribution is 0.206. The van der Waals surface area contributed by atoms with E-state index in [1.165, 1.54) is 0 Å². The van der Waals surface area contributed by atoms with Crippen LogP contribution in [0.1, 0.15) is 18.5 Å². The SMILES string of the molecule is Cc1cc(NC(=O)NCCN2CCC(NS(=O)(=O)c3ccc(Br)cc3)CC2)c2ccccc2n1. The summed E-state index contributed by atoms with van der Waals surface area (Å²) in [6.45, 7) is 4.65. The second-order valence-corrected chi connectivity index (χ2v) is 11.0. The minimum absolute atomic E-state index is 0.0932. The normalized spacial score (nSPS) is 15.4. The number of amides is 2. The van der Waals surface area contributed by atoms with Crippen LogP contribution in [0.4, 0.5) is 10.5 Å². The molecule has 3 aromatic rings. The van der Waals surface area contributed by atoms with Crippen molar-refractivity contribution in [3.05, 3.63) is 64.8 Å². The van der Waals surface area contributed by atoms with Gasteiger partial charge in [-0.1, -0.05) is 34.1 Å². The Balaban J connectivity index is 1.21. The van der Waals surface area contributed by atoms with Gasteiger partial charge in [0.2, 0.25) is 10.0 Å². The van der Waals surface area contributed by atoms with Crippen LogP contribution in [0.25, 0.3) is 10.9 Å². The number of urea groups is 1. The summed E-state index contributed by atoms with van der Waals surface area (Å²) in [5.74, 6) is 0. The van der Waals surface area contributed by atoms with E-state index in [9.17, 15) is 13.2 Å². The molecule has 0 atom stereocenters. The molecule has 0 aliphatic carbocycles. The molecule has 180 valence electrons. The summed E-state index contributed by atoms with van der Waals surface area (Å²) in [4.78, 5) is 19.4. The number of fused-ring (bicyclic) bond motifs is 1. The fourth-order valence-corrected chi connectivity index (χ4v) is 5.65. The van der Waals surface area contributed by atoms with Crippen LogP contribution in [0, 0.1) is 6.92 Å². The number of para-hydroxylation sites is 1. The van der Waals surface area contributed by atoms with Crippen LogP contribution in [-0.4, -0.2) is 56.6 Å². The van der Waals surface area contributed by atoms with Crippen molar-refractivity contribution in [2.24, 2.45) is 0 Å². The quantitative estimate of drug-likeness (QED) is 0.418. The van der Waals surface area contributed by atoms with Crippen LogP contribution in [0.2, 0.25) is 0 Å². The average Bonchev–Trinajstić information content (AvgIpc) is 2.80. The Morgan fingerprint density at radius 1 is 1.12 bits per heavy atom. The number of hydrogen-bond donors (Lipinski definition) is 3. The molecule has 0 bridgehead atoms. The molecule has 10 heteroatoms. The molecule has 2 heterocycles. The lowest BCUT2D eigenvalue weighted by Gasteiger charge is -2.32. The molecular formula is C24H28BrN5O3S. The predicted octanol–water partition coefficient (Wildman–Crippen LogP) is 3.87. The molecular weight excluding hydrogens is 518 g/mol. The fourth-order valence-electron chi connectivity index (χ4n) is 4.08. The van der Waals surface area contributed by atoms with Gasteiger partial charge in [-0.15, -0.1) is 0 Å². The van der Waals surface area contributed by atoms with Crippen molar-refractivity contribution in [1.29, 1.82) is 0 Å². The van der Waals surface area contributed by atoms with Crippen LogP contribution in [0.5, 0.6) is 0 Å². The van der Waals surface area contributed by atoms with E-state index in [-0.39, 0.29) is 17.0 Å². The highest BCUT2D eigenvalue weighted by Gasteiger charge is 2.24. The molecule has 0 spiro atoms. The Hall–Kier alpha value is -2.53. The maximum atomic E-state index is 12.6. The minimum atomic E-state index is -3.53. The number of halogens is 1. The number of likely N-dealkylation sites (tertiary alicyclic amines) is 1. The second-order valence-electron chi connectivity index (χ2n) is 8.40. The van der Waals surface area contributed by atoms with Crippen molar-refractivity contribution >= 4 is 48.6 Å². The van der Waals surface area contributed by atoms with Gasteiger partial charge in [0.15, 0.2) is 0 Å². The zero-order chi connectivity index (χ0) is 24.1. The highest BCUT2D eigenvalue weighted by molar-refractivity contribution is 9.10. The van der Waals surface area contributed by atoms with Gasteiger partial charge in [0, 0.05) is 34.7 Å². The van der Waals surface area contributed by atoms with Gasteiger partial charge in [-0.05, 0) is 69.3 Å². The smallest absolute Gasteiger partial charge is 0.319 e. The number of anilines is 1. The molecule has 1 aliphatic rings. The minimum Gasteiger partial charge on any atom is -0.337 e. The van der Waals surface area contributed by atoms with Crippen LogP contribution >= 0.6 is 15.9 Å². The predicted molar refractivity (Wildman–Crippen MR) is 137 cm³/mol. The van der Waals surface area contributed by atoms with E-state index in [1.807, 2.05) is 37.3 Å². The molecule has 0 radical (unpaired) electrons. The third-order valence-corrected chi connectivity index (χ3v) is 7.90. The molecule has 4 rings (SSSR count). The van der Waals surface area contributed by atoms with Gasteiger partial charge in [-0.25, -0.2) is 17.9 Å². The monoisotopic (exact) mass is 545 g/mol. The number of aryl methyl sites for hydroxylation is 1. The number of carbonyl (C=O) groups is 1. The third kappa shape index (κ3) is 6.32. The van der Waals surface area contributed by atoms with Crippen LogP contribution in [0.15, 0.2) is 64.0 Å². The molecule has 1 aromatic heterocycles. The summed E-state index contributed by atoms with van der Waals surface area (Å²) in [6.07, 6.45) is 1.45. The van der Waals surface area contributed by atoms with Gasteiger partial charge < -0.3 is 15.5 Å². The summed E-state index contributed by atoms with van der Waals surface area (Å²) in [5, 5.41) is 6.74. The number of aromatic nitrogens is 1. The van der Waals surface area contributed by atoms with E-state index < -0.39 is 10.0 Å². The fraction of sp³-hybridized carbons (Fsp3) is 0.333. The number of rotatable bonds is 7. The maximum absolute atomic E-state index is 12.6. The first kappa shape index (κ1) is 24.6. The Morgan fingerprint density at radius 3 is 2.56 bits per heavy atom. The van der Waals surface area contributed by atoms with Gasteiger partial charge in [-0.2, -0.15) is 0 Å². The summed E-state index contributed by atoms with van der Waals surface area (Å²) >= 11 is 3.32. The number of pyridine rings is 1. The number of carbonyl (C=O) groups excluding carboxylic acids is 1. The largest absolute Gasteiger partial charge is 0.337 e. The van der Waals surface area contributed by atoms with Crippen molar-refractivity contribution in [2.75, 3.05) is 31.5 Å². The average molecular weight is 546 g/mol. The molecule has 3 N–H and O–H groups in total. The summed E-state index contributed by atoms with van der Waals surface area (Å²) in [5.41, 5.74) is 2.42. The number of nitrogens with one attached hydrogen (secondary N) is 3. The van der Waals surface area contributed by atoms with Gasteiger partial charge >= 0.3 is 6.03 Å². The summed E-state index contributed by atoms with van der Waals surface area (Å²) in [6, 6.07) is 15.8. The van der Waals surface area contributed by atoms with E-state index in [1.54, 1.807) is 24.3 Å². The highest BCUT2D eigenvalue weighted by Crippen LogP contribution is 2.23. The topological polar surface area (TPSA) is 103 Å². The van der Waals surface area contributed by atoms with Crippen LogP contribution in [-0.2, 0) is 10.0 Å². The van der Waals surface area contributed by atoms with Crippen molar-refractivity contribution in [3.8, 4) is 0 Å². The van der Waals surface area contributed by atoms with Crippen molar-refractivity contribution in [1.82, 2.24) is 19.9 Å². The van der Waals surface area contributed by atoms with E-state index in [0.717, 1.165) is 52.7 Å². The van der Waals surface area contributed by atoms with Gasteiger partial charge in [-0.3, -0.25) is 4.98 Å². The Bertz CT molecular complexity index is 1260. The summed E-state index contributed by atoms with van der Waals surface area (Å²) < 4.78 is 28.8. The molecule has 1 aliphatic heterocycles.